The van der Waals surface area contributed by atoms with Gasteiger partial charge in [-0.1, -0.05) is 42.5 Å². The van der Waals surface area contributed by atoms with Crippen LogP contribution in [-0.2, 0) is 4.79 Å². The Labute approximate surface area is 201 Å². The fourth-order valence-corrected chi connectivity index (χ4v) is 3.73. The number of hydrogen-bond acceptors (Lipinski definition) is 8. The summed E-state index contributed by atoms with van der Waals surface area (Å²) in [5.41, 5.74) is 8.96. The minimum absolute atomic E-state index is 0.0111. The van der Waals surface area contributed by atoms with Crippen molar-refractivity contribution in [2.45, 2.75) is 20.8 Å². The zero-order valence-corrected chi connectivity index (χ0v) is 19.3. The Morgan fingerprint density at radius 1 is 0.971 bits per heavy atom. The van der Waals surface area contributed by atoms with Gasteiger partial charge in [0.25, 0.3) is 0 Å². The molecule has 1 amide bonds. The summed E-state index contributed by atoms with van der Waals surface area (Å²) in [5.74, 6) is 0.225. The number of hydrogen-bond donors (Lipinski definition) is 3. The maximum Gasteiger partial charge on any atom is 0.301 e. The summed E-state index contributed by atoms with van der Waals surface area (Å²) >= 11 is 0. The minimum atomic E-state index is -0.341. The van der Waals surface area contributed by atoms with E-state index < -0.39 is 0 Å². The summed E-state index contributed by atoms with van der Waals surface area (Å²) in [7, 11) is 0. The highest BCUT2D eigenvalue weighted by atomic mass is 16.3. The number of rotatable bonds is 5. The Morgan fingerprint density at radius 3 is 2.46 bits per heavy atom. The lowest BCUT2D eigenvalue weighted by atomic mass is 10.0. The summed E-state index contributed by atoms with van der Waals surface area (Å²) < 4.78 is 0. The fraction of sp³-hybridized carbons (Fsp3) is 0.120. The lowest BCUT2D eigenvalue weighted by Gasteiger charge is -2.13. The number of tetrazole rings is 1. The molecule has 0 saturated heterocycles. The normalized spacial score (nSPS) is 14.5. The Morgan fingerprint density at radius 2 is 1.74 bits per heavy atom. The molecule has 0 fully saturated rings. The Balaban J connectivity index is 1.38. The molecule has 2 heterocycles. The summed E-state index contributed by atoms with van der Waals surface area (Å²) in [6.07, 6.45) is 0. The third kappa shape index (κ3) is 4.12. The van der Waals surface area contributed by atoms with Crippen LogP contribution in [0.2, 0.25) is 0 Å². The zero-order chi connectivity index (χ0) is 24.5. The predicted molar refractivity (Wildman–Crippen MR) is 134 cm³/mol. The topological polar surface area (TPSA) is 132 Å². The van der Waals surface area contributed by atoms with Crippen molar-refractivity contribution in [3.8, 4) is 28.3 Å². The number of carbonyl (C=O) groups excluding carboxylic acids is 1. The number of aromatic nitrogens is 4. The third-order valence-electron chi connectivity index (χ3n) is 5.86. The van der Waals surface area contributed by atoms with E-state index in [-0.39, 0.29) is 17.4 Å². The number of aromatic hydroxyl groups is 1. The molecule has 4 aromatic rings. The van der Waals surface area contributed by atoms with Crippen LogP contribution in [0, 0.1) is 13.8 Å². The highest BCUT2D eigenvalue weighted by Crippen LogP contribution is 2.36. The molecule has 0 bridgehead atoms. The Bertz CT molecular complexity index is 1470. The molecule has 3 N–H and O–H groups in total. The van der Waals surface area contributed by atoms with Crippen molar-refractivity contribution in [3.05, 3.63) is 71.8 Å². The van der Waals surface area contributed by atoms with Crippen molar-refractivity contribution in [2.24, 2.45) is 10.2 Å². The first kappa shape index (κ1) is 22.0. The van der Waals surface area contributed by atoms with Crippen molar-refractivity contribution in [1.82, 2.24) is 20.6 Å². The molecular weight excluding hydrogens is 444 g/mol. The van der Waals surface area contributed by atoms with Crippen molar-refractivity contribution in [2.75, 3.05) is 10.4 Å². The molecule has 1 aromatic heterocycles. The number of carbonyl (C=O) groups is 1. The molecule has 0 saturated carbocycles. The molecule has 35 heavy (non-hydrogen) atoms. The molecule has 10 heteroatoms. The van der Waals surface area contributed by atoms with Gasteiger partial charge in [0.1, 0.15) is 5.75 Å². The predicted octanol–water partition coefficient (Wildman–Crippen LogP) is 4.05. The van der Waals surface area contributed by atoms with Gasteiger partial charge in [0.2, 0.25) is 0 Å². The lowest BCUT2D eigenvalue weighted by molar-refractivity contribution is -0.112. The molecule has 0 atom stereocenters. The average Bonchev–Trinajstić information content (AvgIpc) is 3.49. The number of anilines is 2. The number of para-hydroxylation sites is 1. The van der Waals surface area contributed by atoms with Crippen molar-refractivity contribution in [3.63, 3.8) is 0 Å². The largest absolute Gasteiger partial charge is 0.505 e. The van der Waals surface area contributed by atoms with E-state index in [0.717, 1.165) is 22.3 Å². The van der Waals surface area contributed by atoms with E-state index in [0.29, 0.717) is 28.5 Å². The SMILES string of the molecule is CC1=NN(c2ccc(C)c(C)c2)C(=O)/C1=N\Nc1cccc(-c2ccc(-c3nnn[nH]3)cc2)c1O. The van der Waals surface area contributed by atoms with Crippen LogP contribution in [-0.4, -0.2) is 43.1 Å². The lowest BCUT2D eigenvalue weighted by Crippen LogP contribution is -2.28. The average molecular weight is 467 g/mol. The van der Waals surface area contributed by atoms with E-state index in [2.05, 4.69) is 36.3 Å². The number of hydrazone groups is 2. The van der Waals surface area contributed by atoms with Crippen LogP contribution >= 0.6 is 0 Å². The van der Waals surface area contributed by atoms with Crippen molar-refractivity contribution >= 4 is 28.7 Å². The smallest absolute Gasteiger partial charge is 0.301 e. The van der Waals surface area contributed by atoms with Gasteiger partial charge in [0, 0.05) is 11.1 Å². The highest BCUT2D eigenvalue weighted by molar-refractivity contribution is 6.71. The summed E-state index contributed by atoms with van der Waals surface area (Å²) in [5, 5.41) is 34.6. The van der Waals surface area contributed by atoms with Crippen LogP contribution in [0.5, 0.6) is 5.75 Å². The van der Waals surface area contributed by atoms with Crippen LogP contribution in [0.4, 0.5) is 11.4 Å². The number of H-pyrrole nitrogens is 1. The van der Waals surface area contributed by atoms with Gasteiger partial charge in [-0.3, -0.25) is 10.2 Å². The number of aromatic amines is 1. The number of phenols is 1. The van der Waals surface area contributed by atoms with Crippen LogP contribution in [0.3, 0.4) is 0 Å². The van der Waals surface area contributed by atoms with Gasteiger partial charge in [-0.2, -0.15) is 15.2 Å². The van der Waals surface area contributed by atoms with Crippen LogP contribution in [0.1, 0.15) is 18.1 Å². The molecule has 0 unspecified atom stereocenters. The van der Waals surface area contributed by atoms with Gasteiger partial charge in [0.05, 0.1) is 17.1 Å². The maximum atomic E-state index is 13.0. The standard InChI is InChI=1S/C25H22N8O2/c1-14-7-12-19(13-15(14)2)33-25(35)22(16(3)30-33)27-26-21-6-4-5-20(23(21)34)17-8-10-18(11-9-17)24-28-31-32-29-24/h4-13,26,34H,1-3H3,(H,28,29,31,32)/b27-22-. The molecule has 174 valence electrons. The van der Waals surface area contributed by atoms with E-state index in [1.807, 2.05) is 56.3 Å². The van der Waals surface area contributed by atoms with E-state index >= 15 is 0 Å². The van der Waals surface area contributed by atoms with Gasteiger partial charge in [-0.05, 0) is 66.1 Å². The summed E-state index contributed by atoms with van der Waals surface area (Å²) in [6.45, 7) is 5.72. The summed E-state index contributed by atoms with van der Waals surface area (Å²) in [6, 6.07) is 18.4. The van der Waals surface area contributed by atoms with Gasteiger partial charge < -0.3 is 5.11 Å². The molecule has 0 spiro atoms. The number of nitrogens with one attached hydrogen (secondary N) is 2. The second-order valence-corrected chi connectivity index (χ2v) is 8.17. The number of nitrogens with zero attached hydrogens (tertiary/aromatic N) is 6. The van der Waals surface area contributed by atoms with Crippen molar-refractivity contribution in [1.29, 1.82) is 0 Å². The van der Waals surface area contributed by atoms with Crippen LogP contribution in [0.15, 0.2) is 70.9 Å². The zero-order valence-electron chi connectivity index (χ0n) is 19.3. The second kappa shape index (κ2) is 8.82. The molecule has 0 radical (unpaired) electrons. The van der Waals surface area contributed by atoms with E-state index in [1.165, 1.54) is 5.01 Å². The number of aryl methyl sites for hydroxylation is 2. The molecule has 1 aliphatic rings. The van der Waals surface area contributed by atoms with Crippen molar-refractivity contribution < 1.29 is 9.90 Å². The first-order valence-corrected chi connectivity index (χ1v) is 10.9. The molecule has 3 aromatic carbocycles. The molecule has 0 aliphatic carbocycles. The maximum absolute atomic E-state index is 13.0. The number of amides is 1. The van der Waals surface area contributed by atoms with Gasteiger partial charge >= 0.3 is 5.91 Å². The van der Waals surface area contributed by atoms with Gasteiger partial charge in [0.15, 0.2) is 11.5 Å². The van der Waals surface area contributed by atoms with E-state index in [9.17, 15) is 9.90 Å². The first-order valence-electron chi connectivity index (χ1n) is 10.9. The molecule has 5 rings (SSSR count). The van der Waals surface area contributed by atoms with Gasteiger partial charge in [-0.25, -0.2) is 5.10 Å². The molecular formula is C25H22N8O2. The van der Waals surface area contributed by atoms with Crippen LogP contribution < -0.4 is 10.4 Å². The second-order valence-electron chi connectivity index (χ2n) is 8.17. The third-order valence-corrected chi connectivity index (χ3v) is 5.86. The van der Waals surface area contributed by atoms with Gasteiger partial charge in [-0.15, -0.1) is 5.10 Å². The number of benzene rings is 3. The Hall–Kier alpha value is -4.86. The van der Waals surface area contributed by atoms with E-state index in [1.54, 1.807) is 25.1 Å². The highest BCUT2D eigenvalue weighted by Gasteiger charge is 2.31. The monoisotopic (exact) mass is 466 g/mol. The quantitative estimate of drug-likeness (QED) is 0.300. The Kier molecular flexibility index (Phi) is 5.54. The number of phenolic OH excluding ortho intramolecular Hbond substituents is 1. The first-order chi connectivity index (χ1) is 16.9. The molecule has 1 aliphatic heterocycles. The van der Waals surface area contributed by atoms with Crippen LogP contribution in [0.25, 0.3) is 22.5 Å². The summed E-state index contributed by atoms with van der Waals surface area (Å²) in [4.78, 5) is 13.0. The molecule has 10 nitrogen and oxygen atoms in total. The van der Waals surface area contributed by atoms with E-state index in [4.69, 9.17) is 0 Å². The minimum Gasteiger partial charge on any atom is -0.505 e. The fourth-order valence-electron chi connectivity index (χ4n) is 3.73.